The van der Waals surface area contributed by atoms with Crippen molar-refractivity contribution < 1.29 is 4.92 Å². The first-order chi connectivity index (χ1) is 11.6. The molecule has 3 aromatic carbocycles. The number of nitro benzene ring substituents is 1. The molecule has 118 valence electrons. The molecule has 0 aliphatic carbocycles. The normalized spacial score (nSPS) is 10.9. The molecule has 0 fully saturated rings. The first-order valence-corrected chi connectivity index (χ1v) is 7.46. The molecule has 5 heteroatoms. The minimum atomic E-state index is -0.404. The van der Waals surface area contributed by atoms with Crippen LogP contribution in [0.5, 0.6) is 0 Å². The molecule has 0 amide bonds. The molecule has 24 heavy (non-hydrogen) atoms. The Hall–Kier alpha value is -3.34. The third kappa shape index (κ3) is 3.52. The third-order valence-corrected chi connectivity index (χ3v) is 3.67. The van der Waals surface area contributed by atoms with E-state index in [1.54, 1.807) is 12.1 Å². The van der Waals surface area contributed by atoms with Gasteiger partial charge in [0.1, 0.15) is 0 Å². The zero-order valence-electron chi connectivity index (χ0n) is 13.1. The highest BCUT2D eigenvalue weighted by Gasteiger charge is 2.05. The third-order valence-electron chi connectivity index (χ3n) is 3.67. The van der Waals surface area contributed by atoms with Crippen molar-refractivity contribution >= 4 is 17.1 Å². The van der Waals surface area contributed by atoms with Crippen LogP contribution < -0.4 is 0 Å². The molecule has 0 bridgehead atoms. The lowest BCUT2D eigenvalue weighted by molar-refractivity contribution is -0.384. The quantitative estimate of drug-likeness (QED) is 0.337. The van der Waals surface area contributed by atoms with Gasteiger partial charge in [-0.05, 0) is 53.9 Å². The van der Waals surface area contributed by atoms with Gasteiger partial charge in [-0.25, -0.2) is 0 Å². The minimum Gasteiger partial charge on any atom is -0.258 e. The molecule has 0 radical (unpaired) electrons. The van der Waals surface area contributed by atoms with E-state index in [2.05, 4.69) is 10.2 Å². The molecule has 0 spiro atoms. The van der Waals surface area contributed by atoms with Gasteiger partial charge in [0, 0.05) is 12.1 Å². The van der Waals surface area contributed by atoms with Gasteiger partial charge in [-0.3, -0.25) is 10.1 Å². The summed E-state index contributed by atoms with van der Waals surface area (Å²) in [6.07, 6.45) is 0. The number of hydrogen-bond acceptors (Lipinski definition) is 4. The van der Waals surface area contributed by atoms with Crippen molar-refractivity contribution in [1.82, 2.24) is 0 Å². The van der Waals surface area contributed by atoms with Crippen LogP contribution in [0.1, 0.15) is 5.56 Å². The second kappa shape index (κ2) is 6.83. The maximum absolute atomic E-state index is 10.7. The lowest BCUT2D eigenvalue weighted by Crippen LogP contribution is -1.86. The lowest BCUT2D eigenvalue weighted by atomic mass is 10.1. The SMILES string of the molecule is Cc1ccccc1N=Nc1ccc(-c2ccc([N+](=O)[O-])cc2)cc1. The summed E-state index contributed by atoms with van der Waals surface area (Å²) < 4.78 is 0. The summed E-state index contributed by atoms with van der Waals surface area (Å²) in [4.78, 5) is 10.3. The molecule has 0 saturated heterocycles. The van der Waals surface area contributed by atoms with E-state index < -0.39 is 4.92 Å². The Kier molecular flexibility index (Phi) is 4.43. The number of benzene rings is 3. The van der Waals surface area contributed by atoms with E-state index in [9.17, 15) is 10.1 Å². The van der Waals surface area contributed by atoms with Gasteiger partial charge < -0.3 is 0 Å². The van der Waals surface area contributed by atoms with Gasteiger partial charge in [0.05, 0.1) is 16.3 Å². The predicted molar refractivity (Wildman–Crippen MR) is 93.9 cm³/mol. The highest BCUT2D eigenvalue weighted by Crippen LogP contribution is 2.26. The maximum Gasteiger partial charge on any atom is 0.269 e. The van der Waals surface area contributed by atoms with Gasteiger partial charge in [-0.15, -0.1) is 0 Å². The molecule has 0 atom stereocenters. The minimum absolute atomic E-state index is 0.0856. The molecular formula is C19H15N3O2. The van der Waals surface area contributed by atoms with Crippen molar-refractivity contribution in [2.24, 2.45) is 10.2 Å². The zero-order chi connectivity index (χ0) is 16.9. The number of hydrogen-bond donors (Lipinski definition) is 0. The summed E-state index contributed by atoms with van der Waals surface area (Å²) in [6.45, 7) is 1.99. The predicted octanol–water partition coefficient (Wildman–Crippen LogP) is 5.99. The number of aryl methyl sites for hydroxylation is 1. The second-order valence-electron chi connectivity index (χ2n) is 5.34. The molecule has 0 saturated carbocycles. The van der Waals surface area contributed by atoms with E-state index in [-0.39, 0.29) is 5.69 Å². The van der Waals surface area contributed by atoms with Gasteiger partial charge in [-0.1, -0.05) is 30.3 Å². The van der Waals surface area contributed by atoms with Crippen LogP contribution in [-0.4, -0.2) is 4.92 Å². The van der Waals surface area contributed by atoms with Crippen molar-refractivity contribution in [1.29, 1.82) is 0 Å². The smallest absolute Gasteiger partial charge is 0.258 e. The molecule has 0 aliphatic heterocycles. The van der Waals surface area contributed by atoms with Crippen molar-refractivity contribution in [3.63, 3.8) is 0 Å². The highest BCUT2D eigenvalue weighted by molar-refractivity contribution is 5.66. The second-order valence-corrected chi connectivity index (χ2v) is 5.34. The van der Waals surface area contributed by atoms with Crippen LogP contribution in [0.2, 0.25) is 0 Å². The molecule has 5 nitrogen and oxygen atoms in total. The van der Waals surface area contributed by atoms with Gasteiger partial charge in [0.2, 0.25) is 0 Å². The van der Waals surface area contributed by atoms with E-state index in [1.807, 2.05) is 55.5 Å². The zero-order valence-corrected chi connectivity index (χ0v) is 13.1. The fourth-order valence-corrected chi connectivity index (χ4v) is 2.28. The Morgan fingerprint density at radius 1 is 0.792 bits per heavy atom. The first kappa shape index (κ1) is 15.6. The van der Waals surface area contributed by atoms with Crippen molar-refractivity contribution in [3.05, 3.63) is 88.5 Å². The molecule has 0 unspecified atom stereocenters. The van der Waals surface area contributed by atoms with Crippen LogP contribution in [0.4, 0.5) is 17.1 Å². The number of nitro groups is 1. The summed E-state index contributed by atoms with van der Waals surface area (Å²) in [5.41, 5.74) is 4.65. The van der Waals surface area contributed by atoms with Crippen LogP contribution in [0.3, 0.4) is 0 Å². The number of rotatable bonds is 4. The average Bonchev–Trinajstić information content (AvgIpc) is 2.62. The highest BCUT2D eigenvalue weighted by atomic mass is 16.6. The Labute approximate surface area is 139 Å². The number of non-ortho nitro benzene ring substituents is 1. The summed E-state index contributed by atoms with van der Waals surface area (Å²) >= 11 is 0. The van der Waals surface area contributed by atoms with E-state index in [4.69, 9.17) is 0 Å². The van der Waals surface area contributed by atoms with Crippen LogP contribution >= 0.6 is 0 Å². The lowest BCUT2D eigenvalue weighted by Gasteiger charge is -2.02. The fourth-order valence-electron chi connectivity index (χ4n) is 2.28. The van der Waals surface area contributed by atoms with Crippen LogP contribution in [0.25, 0.3) is 11.1 Å². The van der Waals surface area contributed by atoms with Crippen molar-refractivity contribution in [2.75, 3.05) is 0 Å². The van der Waals surface area contributed by atoms with Crippen molar-refractivity contribution in [2.45, 2.75) is 6.92 Å². The number of azo groups is 1. The molecule has 3 aromatic rings. The molecule has 0 N–H and O–H groups in total. The van der Waals surface area contributed by atoms with Gasteiger partial charge >= 0.3 is 0 Å². The van der Waals surface area contributed by atoms with Crippen LogP contribution in [-0.2, 0) is 0 Å². The Bertz CT molecular complexity index is 885. The summed E-state index contributed by atoms with van der Waals surface area (Å²) in [5.74, 6) is 0. The summed E-state index contributed by atoms with van der Waals surface area (Å²) in [7, 11) is 0. The molecule has 0 aromatic heterocycles. The summed E-state index contributed by atoms with van der Waals surface area (Å²) in [5, 5.41) is 19.2. The average molecular weight is 317 g/mol. The summed E-state index contributed by atoms with van der Waals surface area (Å²) in [6, 6.07) is 21.9. The van der Waals surface area contributed by atoms with E-state index in [1.165, 1.54) is 12.1 Å². The molecule has 0 heterocycles. The largest absolute Gasteiger partial charge is 0.269 e. The monoisotopic (exact) mass is 317 g/mol. The molecule has 0 aliphatic rings. The Morgan fingerprint density at radius 2 is 1.38 bits per heavy atom. The molecule has 3 rings (SSSR count). The Morgan fingerprint density at radius 3 is 1.96 bits per heavy atom. The number of nitrogens with zero attached hydrogens (tertiary/aromatic N) is 3. The van der Waals surface area contributed by atoms with Gasteiger partial charge in [0.25, 0.3) is 5.69 Å². The van der Waals surface area contributed by atoms with Gasteiger partial charge in [-0.2, -0.15) is 10.2 Å². The van der Waals surface area contributed by atoms with E-state index in [0.717, 1.165) is 28.1 Å². The first-order valence-electron chi connectivity index (χ1n) is 7.46. The standard InChI is InChI=1S/C19H15N3O2/c1-14-4-2-3-5-19(14)21-20-17-10-6-15(7-11-17)16-8-12-18(13-9-16)22(23)24/h2-13H,1H3. The Balaban J connectivity index is 1.78. The van der Waals surface area contributed by atoms with Crippen LogP contribution in [0.15, 0.2) is 83.0 Å². The van der Waals surface area contributed by atoms with E-state index in [0.29, 0.717) is 0 Å². The van der Waals surface area contributed by atoms with Crippen LogP contribution in [0, 0.1) is 17.0 Å². The van der Waals surface area contributed by atoms with Gasteiger partial charge in [0.15, 0.2) is 0 Å². The van der Waals surface area contributed by atoms with Crippen molar-refractivity contribution in [3.8, 4) is 11.1 Å². The molecular weight excluding hydrogens is 302 g/mol. The maximum atomic E-state index is 10.7. The fraction of sp³-hybridized carbons (Fsp3) is 0.0526. The van der Waals surface area contributed by atoms with E-state index >= 15 is 0 Å². The topological polar surface area (TPSA) is 67.9 Å².